The second-order valence-electron chi connectivity index (χ2n) is 33.2. The minimum atomic E-state index is -0.738. The molecule has 0 aromatic heterocycles. The van der Waals surface area contributed by atoms with Crippen LogP contribution < -0.4 is 0 Å². The zero-order valence-corrected chi connectivity index (χ0v) is 70.6. The Hall–Kier alpha value is -6.03. The normalized spacial score (nSPS) is 13.8. The molecule has 0 amide bonds. The molecule has 0 aliphatic heterocycles. The first-order valence-corrected chi connectivity index (χ1v) is 36.9. The lowest BCUT2D eigenvalue weighted by Crippen LogP contribution is -2.42. The van der Waals surface area contributed by atoms with E-state index in [-0.39, 0.29) is 110 Å². The lowest BCUT2D eigenvalue weighted by molar-refractivity contribution is -0.177. The topological polar surface area (TPSA) is 299 Å². The van der Waals surface area contributed by atoms with E-state index in [1.807, 2.05) is 159 Å². The van der Waals surface area contributed by atoms with Crippen LogP contribution >= 0.6 is 0 Å². The van der Waals surface area contributed by atoms with Crippen LogP contribution in [0.1, 0.15) is 326 Å². The fourth-order valence-corrected chi connectivity index (χ4v) is 6.45. The predicted molar refractivity (Wildman–Crippen MR) is 395 cm³/mol. The predicted octanol–water partition coefficient (Wildman–Crippen LogP) is 17.5. The highest BCUT2D eigenvalue weighted by molar-refractivity contribution is 5.81. The molecule has 0 N–H and O–H groups in total. The Morgan fingerprint density at radius 3 is 0.990 bits per heavy atom. The minimum absolute atomic E-state index is 0.00413. The molecule has 1 aliphatic carbocycles. The molecule has 0 radical (unpaired) electrons. The van der Waals surface area contributed by atoms with Gasteiger partial charge in [0.15, 0.2) is 26.4 Å². The van der Waals surface area contributed by atoms with Crippen LogP contribution in [0.25, 0.3) is 0 Å². The van der Waals surface area contributed by atoms with Crippen LogP contribution in [0, 0.1) is 44.8 Å². The Balaban J connectivity index is -0.000000370. The molecule has 0 spiro atoms. The number of carbonyl (C=O) groups is 11. The van der Waals surface area contributed by atoms with Gasteiger partial charge in [-0.05, 0) is 221 Å². The zero-order chi connectivity index (χ0) is 81.5. The van der Waals surface area contributed by atoms with Gasteiger partial charge in [-0.15, -0.1) is 0 Å². The molecular formula is C79H146O23. The average molecular weight is 1460 g/mol. The third-order valence-corrected chi connectivity index (χ3v) is 18.9. The Labute approximate surface area is 616 Å². The molecule has 1 rings (SSSR count). The van der Waals surface area contributed by atoms with Crippen molar-refractivity contribution in [2.24, 2.45) is 44.8 Å². The second-order valence-corrected chi connectivity index (χ2v) is 33.2. The van der Waals surface area contributed by atoms with Crippen molar-refractivity contribution in [2.45, 2.75) is 359 Å². The van der Waals surface area contributed by atoms with Crippen LogP contribution in [0.2, 0.25) is 0 Å². The number of hydrogen-bond acceptors (Lipinski definition) is 23. The van der Waals surface area contributed by atoms with E-state index in [0.717, 1.165) is 32.1 Å². The molecule has 102 heavy (non-hydrogen) atoms. The monoisotopic (exact) mass is 1460 g/mol. The van der Waals surface area contributed by atoms with E-state index in [9.17, 15) is 52.7 Å². The lowest BCUT2D eigenvalue weighted by atomic mass is 9.79. The van der Waals surface area contributed by atoms with Crippen molar-refractivity contribution in [3.8, 4) is 0 Å². The first-order valence-electron chi connectivity index (χ1n) is 36.9. The van der Waals surface area contributed by atoms with Gasteiger partial charge in [0.1, 0.15) is 46.8 Å². The Morgan fingerprint density at radius 2 is 0.667 bits per heavy atom. The summed E-state index contributed by atoms with van der Waals surface area (Å²) in [5, 5.41) is 0. The molecule has 2 unspecified atom stereocenters. The summed E-state index contributed by atoms with van der Waals surface area (Å²) in [6, 6.07) is 0. The van der Waals surface area contributed by atoms with Crippen LogP contribution in [0.15, 0.2) is 0 Å². The van der Waals surface area contributed by atoms with E-state index in [1.54, 1.807) is 76.2 Å². The van der Waals surface area contributed by atoms with Crippen LogP contribution in [0.3, 0.4) is 0 Å². The Morgan fingerprint density at radius 1 is 0.353 bits per heavy atom. The van der Waals surface area contributed by atoms with E-state index in [2.05, 4.69) is 6.92 Å². The molecule has 0 bridgehead atoms. The molecule has 0 aromatic rings. The van der Waals surface area contributed by atoms with Gasteiger partial charge in [0.05, 0.1) is 33.5 Å². The SMILES string of the molecule is CCC(C)(C)C(=O)OCC(=O)OC(C)(C)C.CCC(C)(C)C(=O)OCC(=O)OC(C)(C)C(C)C.CCC(C)(C)OC(=O)OCCOC(=O)C(C)(C)CC.CCC(C)C(=O)OCC(=O)OC(C)(C)C(C)(C)C.CCC(C)C(=O)OCC(=O)OC(C)(C)CC.CCC1(OC(=O)C(C)(C)CC)CCCC1. The summed E-state index contributed by atoms with van der Waals surface area (Å²) in [5.41, 5.74) is -5.02. The van der Waals surface area contributed by atoms with E-state index < -0.39 is 74.3 Å². The maximum absolute atomic E-state index is 12.0. The number of ether oxygens (including phenoxy) is 12. The quantitative estimate of drug-likeness (QED) is 0.0343. The van der Waals surface area contributed by atoms with Gasteiger partial charge in [0.25, 0.3) is 0 Å². The Kier molecular flexibility index (Phi) is 48.6. The highest BCUT2D eigenvalue weighted by Crippen LogP contribution is 2.39. The average Bonchev–Trinajstić information content (AvgIpc) is 1.76. The number of esters is 10. The number of rotatable bonds is 32. The standard InChI is InChI=1S/C14H26O5.2C14H26O4.C13H24O2.2C12H22O4/c1-7-13(3,4)11(15)17-9-10-18-12(16)19-14(5,6)8-2;1-8-10(2)12(16)17-9-11(15)18-14(6,7)13(3,4)5;1-8-13(4,5)12(16)17-9-11(15)18-14(6,7)10(2)3;1-5-12(3,4)11(14)15-13(6-2)9-7-8-10-13;1-7-12(5,6)10(14)15-8-9(13)16-11(2,3)4;1-6-9(3)11(14)15-8-10(13)16-12(4,5)7-2/h7-10H2,1-6H3;2*10H,8-9H2,1-7H3;5-10H2,1-4H3;7-8H2,1-6H3;9H,6-8H2,1-5H3. The van der Waals surface area contributed by atoms with Crippen molar-refractivity contribution in [1.82, 2.24) is 0 Å². The zero-order valence-electron chi connectivity index (χ0n) is 70.6. The molecule has 23 heteroatoms. The fraction of sp³-hybridized carbons (Fsp3) is 0.861. The minimum Gasteiger partial charge on any atom is -0.462 e. The summed E-state index contributed by atoms with van der Waals surface area (Å²) in [6.45, 7) is 64.4. The van der Waals surface area contributed by atoms with Crippen LogP contribution in [0.5, 0.6) is 0 Å². The Bertz CT molecular complexity index is 2530. The van der Waals surface area contributed by atoms with Gasteiger partial charge in [-0.1, -0.05) is 111 Å². The highest BCUT2D eigenvalue weighted by Gasteiger charge is 2.41. The summed E-state index contributed by atoms with van der Waals surface area (Å²) < 4.78 is 61.1. The van der Waals surface area contributed by atoms with Crippen molar-refractivity contribution in [3.63, 3.8) is 0 Å². The van der Waals surface area contributed by atoms with Crippen LogP contribution in [-0.4, -0.2) is 139 Å². The van der Waals surface area contributed by atoms with Gasteiger partial charge in [-0.25, -0.2) is 24.0 Å². The second kappa shape index (κ2) is 47.4. The van der Waals surface area contributed by atoms with E-state index in [4.69, 9.17) is 56.8 Å². The summed E-state index contributed by atoms with van der Waals surface area (Å²) in [5.74, 6) is -3.96. The van der Waals surface area contributed by atoms with Crippen molar-refractivity contribution >= 4 is 65.8 Å². The molecule has 23 nitrogen and oxygen atoms in total. The van der Waals surface area contributed by atoms with E-state index >= 15 is 0 Å². The molecular weight excluding hydrogens is 1320 g/mol. The van der Waals surface area contributed by atoms with Gasteiger partial charge < -0.3 is 56.8 Å². The molecule has 600 valence electrons. The number of carbonyl (C=O) groups excluding carboxylic acids is 11. The summed E-state index contributed by atoms with van der Waals surface area (Å²) in [6.07, 6.45) is 10.4. The summed E-state index contributed by atoms with van der Waals surface area (Å²) >= 11 is 0. The largest absolute Gasteiger partial charge is 0.508 e. The maximum atomic E-state index is 12.0. The first-order chi connectivity index (χ1) is 46.0. The van der Waals surface area contributed by atoms with Gasteiger partial charge in [-0.3, -0.25) is 28.8 Å². The first kappa shape index (κ1) is 105. The molecule has 0 saturated heterocycles. The lowest BCUT2D eigenvalue weighted by Gasteiger charge is -2.37. The van der Waals surface area contributed by atoms with Crippen LogP contribution in [0.4, 0.5) is 4.79 Å². The molecule has 1 aliphatic rings. The molecule has 1 fully saturated rings. The third kappa shape index (κ3) is 46.6. The van der Waals surface area contributed by atoms with Gasteiger partial charge in [-0.2, -0.15) is 0 Å². The van der Waals surface area contributed by atoms with Gasteiger partial charge in [0.2, 0.25) is 0 Å². The van der Waals surface area contributed by atoms with Crippen LogP contribution in [-0.2, 0) is 105 Å². The summed E-state index contributed by atoms with van der Waals surface area (Å²) in [4.78, 5) is 127. The van der Waals surface area contributed by atoms with Gasteiger partial charge in [0, 0.05) is 5.41 Å². The maximum Gasteiger partial charge on any atom is 0.508 e. The molecule has 1 saturated carbocycles. The molecule has 0 heterocycles. The van der Waals surface area contributed by atoms with Crippen molar-refractivity contribution in [3.05, 3.63) is 0 Å². The smallest absolute Gasteiger partial charge is 0.462 e. The van der Waals surface area contributed by atoms with E-state index in [0.29, 0.717) is 38.5 Å². The molecule has 2 atom stereocenters. The summed E-state index contributed by atoms with van der Waals surface area (Å²) in [7, 11) is 0. The van der Waals surface area contributed by atoms with Crippen molar-refractivity contribution < 1.29 is 110 Å². The third-order valence-electron chi connectivity index (χ3n) is 18.9. The fourth-order valence-electron chi connectivity index (χ4n) is 6.45. The highest BCUT2D eigenvalue weighted by atomic mass is 16.7. The van der Waals surface area contributed by atoms with E-state index in [1.165, 1.54) is 12.8 Å². The molecule has 0 aromatic carbocycles. The van der Waals surface area contributed by atoms with Crippen molar-refractivity contribution in [2.75, 3.05) is 39.6 Å². The number of hydrogen-bond donors (Lipinski definition) is 0. The van der Waals surface area contributed by atoms with Crippen molar-refractivity contribution in [1.29, 1.82) is 0 Å². The van der Waals surface area contributed by atoms with Gasteiger partial charge >= 0.3 is 65.8 Å².